The monoisotopic (exact) mass is 182 g/mol. The van der Waals surface area contributed by atoms with Crippen LogP contribution in [-0.2, 0) is 0 Å². The van der Waals surface area contributed by atoms with Crippen molar-refractivity contribution in [3.05, 3.63) is 12.2 Å². The molecule has 1 N–H and O–H groups in total. The van der Waals surface area contributed by atoms with Gasteiger partial charge in [0.2, 0.25) is 0 Å². The Balaban J connectivity index is 2.26. The molecule has 0 spiro atoms. The van der Waals surface area contributed by atoms with E-state index in [-0.39, 0.29) is 0 Å². The van der Waals surface area contributed by atoms with Gasteiger partial charge in [-0.15, -0.1) is 0 Å². The van der Waals surface area contributed by atoms with Crippen LogP contribution in [0.5, 0.6) is 0 Å². The predicted octanol–water partition coefficient (Wildman–Crippen LogP) is 1.64. The van der Waals surface area contributed by atoms with Crippen molar-refractivity contribution in [2.45, 2.75) is 32.7 Å². The first-order chi connectivity index (χ1) is 6.38. The SMILES string of the molecule is C/C=C/CN1CCCC1CNCC. The molecule has 1 heterocycles. The third-order valence-corrected chi connectivity index (χ3v) is 2.70. The minimum atomic E-state index is 0.774. The van der Waals surface area contributed by atoms with Crippen molar-refractivity contribution in [1.29, 1.82) is 0 Å². The number of rotatable bonds is 5. The lowest BCUT2D eigenvalue weighted by Gasteiger charge is -2.22. The van der Waals surface area contributed by atoms with Crippen molar-refractivity contribution in [2.24, 2.45) is 0 Å². The lowest BCUT2D eigenvalue weighted by atomic mass is 10.2. The Morgan fingerprint density at radius 3 is 3.08 bits per heavy atom. The van der Waals surface area contributed by atoms with E-state index in [2.05, 4.69) is 36.2 Å². The fraction of sp³-hybridized carbons (Fsp3) is 0.818. The van der Waals surface area contributed by atoms with Crippen molar-refractivity contribution >= 4 is 0 Å². The summed E-state index contributed by atoms with van der Waals surface area (Å²) in [6.07, 6.45) is 7.13. The molecule has 1 fully saturated rings. The smallest absolute Gasteiger partial charge is 0.0224 e. The fourth-order valence-corrected chi connectivity index (χ4v) is 1.92. The molecule has 2 nitrogen and oxygen atoms in total. The molecule has 1 aliphatic heterocycles. The van der Waals surface area contributed by atoms with Crippen LogP contribution >= 0.6 is 0 Å². The normalized spacial score (nSPS) is 24.6. The predicted molar refractivity (Wildman–Crippen MR) is 58.0 cm³/mol. The summed E-state index contributed by atoms with van der Waals surface area (Å²) in [7, 11) is 0. The van der Waals surface area contributed by atoms with Gasteiger partial charge in [-0.1, -0.05) is 19.1 Å². The summed E-state index contributed by atoms with van der Waals surface area (Å²) in [4.78, 5) is 2.57. The third-order valence-electron chi connectivity index (χ3n) is 2.70. The molecular formula is C11H22N2. The average Bonchev–Trinajstić information content (AvgIpc) is 2.59. The van der Waals surface area contributed by atoms with Crippen molar-refractivity contribution in [3.8, 4) is 0 Å². The van der Waals surface area contributed by atoms with Crippen molar-refractivity contribution in [1.82, 2.24) is 10.2 Å². The van der Waals surface area contributed by atoms with E-state index in [4.69, 9.17) is 0 Å². The standard InChI is InChI=1S/C11H22N2/c1-3-5-8-13-9-6-7-11(13)10-12-4-2/h3,5,11-12H,4,6-10H2,1-2H3/b5-3+. The van der Waals surface area contributed by atoms with Crippen LogP contribution in [0.25, 0.3) is 0 Å². The Bertz CT molecular complexity index is 154. The lowest BCUT2D eigenvalue weighted by Crippen LogP contribution is -2.37. The van der Waals surface area contributed by atoms with Gasteiger partial charge in [0.15, 0.2) is 0 Å². The molecule has 1 unspecified atom stereocenters. The first-order valence-corrected chi connectivity index (χ1v) is 5.44. The van der Waals surface area contributed by atoms with Gasteiger partial charge in [-0.2, -0.15) is 0 Å². The summed E-state index contributed by atoms with van der Waals surface area (Å²) in [6, 6.07) is 0.774. The molecule has 2 heteroatoms. The van der Waals surface area contributed by atoms with Crippen LogP contribution in [0.1, 0.15) is 26.7 Å². The molecule has 0 saturated carbocycles. The topological polar surface area (TPSA) is 15.3 Å². The van der Waals surface area contributed by atoms with E-state index < -0.39 is 0 Å². The molecule has 76 valence electrons. The highest BCUT2D eigenvalue weighted by molar-refractivity contribution is 4.88. The Labute approximate surface area is 82.0 Å². The van der Waals surface area contributed by atoms with Crippen LogP contribution in [0.2, 0.25) is 0 Å². The second-order valence-electron chi connectivity index (χ2n) is 3.67. The van der Waals surface area contributed by atoms with E-state index in [9.17, 15) is 0 Å². The molecule has 0 aliphatic carbocycles. The number of hydrogen-bond acceptors (Lipinski definition) is 2. The molecule has 0 radical (unpaired) electrons. The van der Waals surface area contributed by atoms with Gasteiger partial charge in [-0.25, -0.2) is 0 Å². The van der Waals surface area contributed by atoms with Crippen molar-refractivity contribution < 1.29 is 0 Å². The van der Waals surface area contributed by atoms with Gasteiger partial charge >= 0.3 is 0 Å². The van der Waals surface area contributed by atoms with Crippen molar-refractivity contribution in [3.63, 3.8) is 0 Å². The Morgan fingerprint density at radius 1 is 1.54 bits per heavy atom. The number of nitrogens with one attached hydrogen (secondary N) is 1. The van der Waals surface area contributed by atoms with E-state index in [1.807, 2.05) is 0 Å². The third kappa shape index (κ3) is 3.49. The van der Waals surface area contributed by atoms with E-state index in [1.54, 1.807) is 0 Å². The first-order valence-electron chi connectivity index (χ1n) is 5.44. The molecule has 0 aromatic heterocycles. The van der Waals surface area contributed by atoms with Crippen LogP contribution in [0, 0.1) is 0 Å². The molecule has 1 atom stereocenters. The van der Waals surface area contributed by atoms with Gasteiger partial charge in [0.1, 0.15) is 0 Å². The zero-order valence-electron chi connectivity index (χ0n) is 8.92. The summed E-state index contributed by atoms with van der Waals surface area (Å²) in [5, 5.41) is 3.43. The Kier molecular flexibility index (Phi) is 5.09. The Morgan fingerprint density at radius 2 is 2.38 bits per heavy atom. The molecule has 1 aliphatic rings. The summed E-state index contributed by atoms with van der Waals surface area (Å²) >= 11 is 0. The number of likely N-dealkylation sites (N-methyl/N-ethyl adjacent to an activating group) is 1. The molecule has 1 rings (SSSR count). The van der Waals surface area contributed by atoms with Crippen LogP contribution in [-0.4, -0.2) is 37.1 Å². The summed E-state index contributed by atoms with van der Waals surface area (Å²) in [6.45, 7) is 8.93. The molecule has 13 heavy (non-hydrogen) atoms. The van der Waals surface area contributed by atoms with Gasteiger partial charge in [0, 0.05) is 19.1 Å². The highest BCUT2D eigenvalue weighted by Gasteiger charge is 2.22. The summed E-state index contributed by atoms with van der Waals surface area (Å²) in [5.41, 5.74) is 0. The second kappa shape index (κ2) is 6.17. The van der Waals surface area contributed by atoms with Gasteiger partial charge in [-0.05, 0) is 32.9 Å². The van der Waals surface area contributed by atoms with E-state index >= 15 is 0 Å². The second-order valence-corrected chi connectivity index (χ2v) is 3.67. The van der Waals surface area contributed by atoms with E-state index in [0.29, 0.717) is 0 Å². The molecular weight excluding hydrogens is 160 g/mol. The zero-order valence-corrected chi connectivity index (χ0v) is 8.92. The average molecular weight is 182 g/mol. The fourth-order valence-electron chi connectivity index (χ4n) is 1.92. The van der Waals surface area contributed by atoms with Gasteiger partial charge in [0.05, 0.1) is 0 Å². The molecule has 0 amide bonds. The molecule has 0 aromatic carbocycles. The van der Waals surface area contributed by atoms with Crippen LogP contribution in [0.15, 0.2) is 12.2 Å². The maximum Gasteiger partial charge on any atom is 0.0224 e. The largest absolute Gasteiger partial charge is 0.315 e. The van der Waals surface area contributed by atoms with E-state index in [0.717, 1.165) is 25.7 Å². The van der Waals surface area contributed by atoms with E-state index in [1.165, 1.54) is 19.4 Å². The molecule has 1 saturated heterocycles. The minimum Gasteiger partial charge on any atom is -0.315 e. The first kappa shape index (κ1) is 10.7. The van der Waals surface area contributed by atoms with Gasteiger partial charge in [-0.3, -0.25) is 4.90 Å². The maximum atomic E-state index is 3.43. The van der Waals surface area contributed by atoms with Gasteiger partial charge in [0.25, 0.3) is 0 Å². The van der Waals surface area contributed by atoms with Crippen LogP contribution < -0.4 is 5.32 Å². The molecule has 0 aromatic rings. The minimum absolute atomic E-state index is 0.774. The summed E-state index contributed by atoms with van der Waals surface area (Å²) < 4.78 is 0. The highest BCUT2D eigenvalue weighted by atomic mass is 15.2. The summed E-state index contributed by atoms with van der Waals surface area (Å²) in [5.74, 6) is 0. The quantitative estimate of drug-likeness (QED) is 0.650. The number of allylic oxidation sites excluding steroid dienone is 1. The van der Waals surface area contributed by atoms with Gasteiger partial charge < -0.3 is 5.32 Å². The zero-order chi connectivity index (χ0) is 9.52. The highest BCUT2D eigenvalue weighted by Crippen LogP contribution is 2.15. The Hall–Kier alpha value is -0.340. The lowest BCUT2D eigenvalue weighted by molar-refractivity contribution is 0.274. The maximum absolute atomic E-state index is 3.43. The molecule has 0 bridgehead atoms. The van der Waals surface area contributed by atoms with Crippen molar-refractivity contribution in [2.75, 3.05) is 26.2 Å². The van der Waals surface area contributed by atoms with Crippen LogP contribution in [0.3, 0.4) is 0 Å². The van der Waals surface area contributed by atoms with Crippen LogP contribution in [0.4, 0.5) is 0 Å². The number of hydrogen-bond donors (Lipinski definition) is 1. The number of likely N-dealkylation sites (tertiary alicyclic amines) is 1. The number of nitrogens with zero attached hydrogens (tertiary/aromatic N) is 1.